The Kier molecular flexibility index (Phi) is 28.9. The van der Waals surface area contributed by atoms with E-state index in [9.17, 15) is 0 Å². The highest BCUT2D eigenvalue weighted by molar-refractivity contribution is 5.98. The minimum Gasteiger partial charge on any atom is -0.423 e. The van der Waals surface area contributed by atoms with Crippen LogP contribution in [0.3, 0.4) is 0 Å². The molecule has 0 aliphatic heterocycles. The largest absolute Gasteiger partial charge is 0.423 e. The van der Waals surface area contributed by atoms with E-state index < -0.39 is 0 Å². The molecule has 0 saturated heterocycles. The van der Waals surface area contributed by atoms with Crippen LogP contribution in [0.25, 0.3) is 0 Å². The fourth-order valence-electron chi connectivity index (χ4n) is 5.32. The molecule has 0 fully saturated rings. The summed E-state index contributed by atoms with van der Waals surface area (Å²) in [6.45, 7) is 6.78. The van der Waals surface area contributed by atoms with Gasteiger partial charge in [-0.25, -0.2) is 0 Å². The quantitative estimate of drug-likeness (QED) is 0.0689. The van der Waals surface area contributed by atoms with E-state index in [1.165, 1.54) is 186 Å². The monoisotopic (exact) mass is 511 g/mol. The van der Waals surface area contributed by atoms with Crippen LogP contribution in [0.1, 0.15) is 207 Å². The molecule has 0 aliphatic rings. The number of rotatable bonds is 30. The van der Waals surface area contributed by atoms with Crippen LogP contribution < -0.4 is 0 Å². The van der Waals surface area contributed by atoms with Gasteiger partial charge in [-0.2, -0.15) is 0 Å². The van der Waals surface area contributed by atoms with Gasteiger partial charge in [-0.05, 0) is 20.3 Å². The Morgan fingerprint density at radius 1 is 0.371 bits per heavy atom. The molecule has 0 radical (unpaired) electrons. The van der Waals surface area contributed by atoms with Crippen molar-refractivity contribution < 1.29 is 4.43 Å². The van der Waals surface area contributed by atoms with Crippen molar-refractivity contribution in [2.75, 3.05) is 0 Å². The second-order valence-electron chi connectivity index (χ2n) is 12.3. The first kappa shape index (κ1) is 35.2. The lowest BCUT2D eigenvalue weighted by molar-refractivity contribution is 0.109. The minimum atomic E-state index is 0.137. The first-order chi connectivity index (χ1) is 17.1. The summed E-state index contributed by atoms with van der Waals surface area (Å²) in [5, 5.41) is 0. The van der Waals surface area contributed by atoms with Crippen LogP contribution in [0.2, 0.25) is 0 Å². The normalized spacial score (nSPS) is 12.1. The molecular weight excluding hydrogens is 440 g/mol. The van der Waals surface area contributed by atoms with E-state index in [0.29, 0.717) is 0 Å². The molecule has 0 aromatic heterocycles. The first-order valence-corrected chi connectivity index (χ1v) is 17.5. The summed E-state index contributed by atoms with van der Waals surface area (Å²) in [5.41, 5.74) is 0.137. The molecular formula is C33H70OSi. The summed E-state index contributed by atoms with van der Waals surface area (Å²) < 4.78 is 5.64. The zero-order valence-corrected chi connectivity index (χ0v) is 27.4. The molecule has 1 nitrogen and oxygen atoms in total. The lowest BCUT2D eigenvalue weighted by Crippen LogP contribution is -2.22. The highest BCUT2D eigenvalue weighted by Crippen LogP contribution is 2.19. The van der Waals surface area contributed by atoms with Gasteiger partial charge in [0.15, 0.2) is 0 Å². The number of hydrogen-bond acceptors (Lipinski definition) is 1. The molecule has 0 heterocycles. The van der Waals surface area contributed by atoms with Crippen LogP contribution in [-0.2, 0) is 4.43 Å². The van der Waals surface area contributed by atoms with Crippen molar-refractivity contribution in [2.24, 2.45) is 0 Å². The van der Waals surface area contributed by atoms with Crippen molar-refractivity contribution >= 4 is 10.5 Å². The Hall–Kier alpha value is 0.177. The molecule has 0 aromatic rings. The van der Waals surface area contributed by atoms with Crippen LogP contribution in [0.4, 0.5) is 0 Å². The maximum Gasteiger partial charge on any atom is 0.146 e. The van der Waals surface area contributed by atoms with Gasteiger partial charge in [0.05, 0.1) is 0 Å². The predicted octanol–water partition coefficient (Wildman–Crippen LogP) is 11.4. The summed E-state index contributed by atoms with van der Waals surface area (Å²) in [6, 6.07) is 0. The van der Waals surface area contributed by atoms with Gasteiger partial charge >= 0.3 is 0 Å². The summed E-state index contributed by atoms with van der Waals surface area (Å²) in [4.78, 5) is 0. The average molecular weight is 511 g/mol. The summed E-state index contributed by atoms with van der Waals surface area (Å²) in [6.07, 6.45) is 42.3. The Morgan fingerprint density at radius 3 is 0.771 bits per heavy atom. The average Bonchev–Trinajstić information content (AvgIpc) is 2.85. The van der Waals surface area contributed by atoms with E-state index in [-0.39, 0.29) is 5.60 Å². The summed E-state index contributed by atoms with van der Waals surface area (Å²) in [5.74, 6) is 0. The van der Waals surface area contributed by atoms with Gasteiger partial charge < -0.3 is 4.43 Å². The topological polar surface area (TPSA) is 9.23 Å². The molecule has 0 atom stereocenters. The van der Waals surface area contributed by atoms with Gasteiger partial charge in [-0.1, -0.05) is 187 Å². The minimum absolute atomic E-state index is 0.137. The van der Waals surface area contributed by atoms with E-state index in [4.69, 9.17) is 4.43 Å². The van der Waals surface area contributed by atoms with Gasteiger partial charge in [0.2, 0.25) is 0 Å². The van der Waals surface area contributed by atoms with Crippen LogP contribution in [0.15, 0.2) is 0 Å². The van der Waals surface area contributed by atoms with Gasteiger partial charge in [0.1, 0.15) is 10.5 Å². The lowest BCUT2D eigenvalue weighted by Gasteiger charge is -2.23. The third kappa shape index (κ3) is 30.3. The number of unbranched alkanes of at least 4 members (excludes halogenated alkanes) is 27. The van der Waals surface area contributed by atoms with Crippen LogP contribution in [0.5, 0.6) is 0 Å². The standard InChI is InChI=1S/C33H70OSi/c1-4-5-6-7-8-9-10-11-12-13-14-15-16-17-18-19-20-21-22-23-24-25-26-27-28-29-30-31-32-33(2,3)34-35/h4-32H2,1-3,35H3. The van der Waals surface area contributed by atoms with Gasteiger partial charge in [-0.15, -0.1) is 0 Å². The van der Waals surface area contributed by atoms with Crippen molar-refractivity contribution in [3.05, 3.63) is 0 Å². The van der Waals surface area contributed by atoms with Crippen molar-refractivity contribution in [1.82, 2.24) is 0 Å². The second kappa shape index (κ2) is 28.7. The van der Waals surface area contributed by atoms with Crippen LogP contribution in [0, 0.1) is 0 Å². The number of hydrogen-bond donors (Lipinski definition) is 0. The molecule has 0 rings (SSSR count). The molecule has 0 saturated carbocycles. The van der Waals surface area contributed by atoms with E-state index in [1.54, 1.807) is 0 Å². The summed E-state index contributed by atoms with van der Waals surface area (Å²) in [7, 11) is 0.868. The Balaban J connectivity index is 3.05. The Labute approximate surface area is 227 Å². The van der Waals surface area contributed by atoms with E-state index in [2.05, 4.69) is 20.8 Å². The first-order valence-electron chi connectivity index (χ1n) is 16.7. The van der Waals surface area contributed by atoms with Crippen molar-refractivity contribution in [3.63, 3.8) is 0 Å². The fraction of sp³-hybridized carbons (Fsp3) is 1.00. The molecule has 35 heavy (non-hydrogen) atoms. The van der Waals surface area contributed by atoms with Crippen molar-refractivity contribution in [3.8, 4) is 0 Å². The van der Waals surface area contributed by atoms with Crippen LogP contribution >= 0.6 is 0 Å². The third-order valence-corrected chi connectivity index (χ3v) is 9.29. The molecule has 0 aromatic carbocycles. The van der Waals surface area contributed by atoms with Crippen molar-refractivity contribution in [2.45, 2.75) is 213 Å². The lowest BCUT2D eigenvalue weighted by atomic mass is 9.99. The van der Waals surface area contributed by atoms with E-state index in [1.807, 2.05) is 0 Å². The molecule has 2 heteroatoms. The molecule has 212 valence electrons. The predicted molar refractivity (Wildman–Crippen MR) is 165 cm³/mol. The van der Waals surface area contributed by atoms with Gasteiger partial charge in [-0.3, -0.25) is 0 Å². The highest BCUT2D eigenvalue weighted by Gasteiger charge is 2.14. The smallest absolute Gasteiger partial charge is 0.146 e. The van der Waals surface area contributed by atoms with Crippen LogP contribution in [-0.4, -0.2) is 16.1 Å². The SMILES string of the molecule is CCCCCCCCCCCCCCCCCCCCCCCCCCCCCCC(C)(C)O[SiH3]. The van der Waals surface area contributed by atoms with E-state index >= 15 is 0 Å². The molecule has 0 bridgehead atoms. The molecule has 0 aliphatic carbocycles. The van der Waals surface area contributed by atoms with Gasteiger partial charge in [0, 0.05) is 5.60 Å². The molecule has 0 amide bonds. The molecule has 0 N–H and O–H groups in total. The summed E-state index contributed by atoms with van der Waals surface area (Å²) >= 11 is 0. The molecule has 0 unspecified atom stereocenters. The fourth-order valence-corrected chi connectivity index (χ4v) is 5.53. The molecule has 0 spiro atoms. The van der Waals surface area contributed by atoms with Gasteiger partial charge in [0.25, 0.3) is 0 Å². The Morgan fingerprint density at radius 2 is 0.571 bits per heavy atom. The maximum atomic E-state index is 5.64. The second-order valence-corrected chi connectivity index (χ2v) is 12.7. The maximum absolute atomic E-state index is 5.64. The zero-order chi connectivity index (χ0) is 25.7. The Bertz CT molecular complexity index is 381. The third-order valence-electron chi connectivity index (χ3n) is 8.18. The highest BCUT2D eigenvalue weighted by atomic mass is 28.2. The van der Waals surface area contributed by atoms with Crippen molar-refractivity contribution in [1.29, 1.82) is 0 Å². The van der Waals surface area contributed by atoms with E-state index in [0.717, 1.165) is 10.5 Å². The zero-order valence-electron chi connectivity index (χ0n) is 25.4.